The molecule has 2 atom stereocenters. The molecule has 2 aromatic carbocycles. The molecule has 0 radical (unpaired) electrons. The number of benzene rings is 2. The first-order valence-corrected chi connectivity index (χ1v) is 6.95. The van der Waals surface area contributed by atoms with Gasteiger partial charge in [-0.3, -0.25) is 0 Å². The molecule has 0 saturated heterocycles. The smallest absolute Gasteiger partial charge is 0.336 e. The molecule has 0 aromatic heterocycles. The fraction of sp³-hybridized carbons (Fsp3) is 0.235. The van der Waals surface area contributed by atoms with Gasteiger partial charge in [-0.25, -0.2) is 9.18 Å². The quantitative estimate of drug-likeness (QED) is 0.798. The zero-order valence-corrected chi connectivity index (χ0v) is 12.0. The first-order valence-electron chi connectivity index (χ1n) is 6.95. The van der Waals surface area contributed by atoms with Crippen LogP contribution in [0.25, 0.3) is 0 Å². The Labute approximate surface area is 128 Å². The summed E-state index contributed by atoms with van der Waals surface area (Å²) in [5.74, 6) is -1.17. The van der Waals surface area contributed by atoms with Gasteiger partial charge in [0.2, 0.25) is 0 Å². The largest absolute Gasteiger partial charge is 0.459 e. The van der Waals surface area contributed by atoms with Crippen molar-refractivity contribution >= 4 is 5.97 Å². The molecule has 116 valence electrons. The summed E-state index contributed by atoms with van der Waals surface area (Å²) in [7, 11) is 0. The first kappa shape index (κ1) is 16.1. The summed E-state index contributed by atoms with van der Waals surface area (Å²) < 4.78 is 18.1. The molecule has 0 heterocycles. The predicted molar refractivity (Wildman–Crippen MR) is 80.3 cm³/mol. The Bertz CT molecular complexity index is 618. The molecular formula is C17H18FNO3. The van der Waals surface area contributed by atoms with Crippen molar-refractivity contribution in [1.82, 2.24) is 0 Å². The highest BCUT2D eigenvalue weighted by Crippen LogP contribution is 2.09. The van der Waals surface area contributed by atoms with E-state index in [1.807, 2.05) is 30.3 Å². The monoisotopic (exact) mass is 303 g/mol. The van der Waals surface area contributed by atoms with Gasteiger partial charge >= 0.3 is 5.97 Å². The summed E-state index contributed by atoms with van der Waals surface area (Å²) >= 11 is 0. The first-order chi connectivity index (χ1) is 10.6. The molecule has 2 rings (SSSR count). The van der Waals surface area contributed by atoms with Crippen LogP contribution in [0.3, 0.4) is 0 Å². The van der Waals surface area contributed by atoms with Crippen LogP contribution in [0.15, 0.2) is 54.6 Å². The number of aliphatic hydroxyl groups is 1. The minimum absolute atomic E-state index is 0.0728. The van der Waals surface area contributed by atoms with Crippen LogP contribution < -0.4 is 5.73 Å². The molecule has 0 bridgehead atoms. The van der Waals surface area contributed by atoms with Crippen LogP contribution in [0.1, 0.15) is 11.1 Å². The second kappa shape index (κ2) is 7.68. The number of esters is 1. The van der Waals surface area contributed by atoms with Gasteiger partial charge in [0.1, 0.15) is 12.4 Å². The molecule has 1 unspecified atom stereocenters. The van der Waals surface area contributed by atoms with Crippen LogP contribution in [0, 0.1) is 5.82 Å². The Hall–Kier alpha value is -2.24. The van der Waals surface area contributed by atoms with E-state index in [0.717, 1.165) is 5.56 Å². The fourth-order valence-electron chi connectivity index (χ4n) is 2.04. The minimum Gasteiger partial charge on any atom is -0.459 e. The SMILES string of the molecule is N[C@@H](Cc1cccc(F)c1)C(O)C(=O)OCc1ccccc1. The second-order valence-electron chi connectivity index (χ2n) is 5.04. The number of aliphatic hydroxyl groups excluding tert-OH is 1. The molecule has 22 heavy (non-hydrogen) atoms. The Morgan fingerprint density at radius 3 is 2.50 bits per heavy atom. The molecule has 0 aliphatic rings. The van der Waals surface area contributed by atoms with Gasteiger partial charge in [0.25, 0.3) is 0 Å². The van der Waals surface area contributed by atoms with Gasteiger partial charge in [0, 0.05) is 6.04 Å². The molecule has 3 N–H and O–H groups in total. The maximum atomic E-state index is 13.1. The number of halogens is 1. The summed E-state index contributed by atoms with van der Waals surface area (Å²) in [5, 5.41) is 9.90. The van der Waals surface area contributed by atoms with Crippen LogP contribution in [0.2, 0.25) is 0 Å². The van der Waals surface area contributed by atoms with Crippen LogP contribution in [0.4, 0.5) is 4.39 Å². The van der Waals surface area contributed by atoms with Crippen molar-refractivity contribution in [3.8, 4) is 0 Å². The standard InChI is InChI=1S/C17H18FNO3/c18-14-8-4-7-13(9-14)10-15(19)16(20)17(21)22-11-12-5-2-1-3-6-12/h1-9,15-16,20H,10-11,19H2/t15-,16?/m0/s1. The van der Waals surface area contributed by atoms with E-state index in [4.69, 9.17) is 10.5 Å². The molecule has 0 aliphatic heterocycles. The van der Waals surface area contributed by atoms with E-state index in [-0.39, 0.29) is 18.8 Å². The molecule has 0 spiro atoms. The van der Waals surface area contributed by atoms with Crippen LogP contribution in [0.5, 0.6) is 0 Å². The van der Waals surface area contributed by atoms with Crippen molar-refractivity contribution < 1.29 is 19.0 Å². The van der Waals surface area contributed by atoms with E-state index < -0.39 is 18.1 Å². The maximum absolute atomic E-state index is 13.1. The van der Waals surface area contributed by atoms with Crippen LogP contribution in [-0.4, -0.2) is 23.2 Å². The van der Waals surface area contributed by atoms with Crippen molar-refractivity contribution in [3.05, 3.63) is 71.5 Å². The molecule has 0 fully saturated rings. The number of carbonyl (C=O) groups is 1. The number of ether oxygens (including phenoxy) is 1. The summed E-state index contributed by atoms with van der Waals surface area (Å²) in [6, 6.07) is 14.2. The predicted octanol–water partition coefficient (Wildman–Crippen LogP) is 1.80. The van der Waals surface area contributed by atoms with Crippen molar-refractivity contribution in [2.75, 3.05) is 0 Å². The normalized spacial score (nSPS) is 13.4. The van der Waals surface area contributed by atoms with Gasteiger partial charge in [-0.05, 0) is 29.7 Å². The Kier molecular flexibility index (Phi) is 5.63. The van der Waals surface area contributed by atoms with Crippen molar-refractivity contribution in [3.63, 3.8) is 0 Å². The maximum Gasteiger partial charge on any atom is 0.336 e. The number of nitrogens with two attached hydrogens (primary N) is 1. The van der Waals surface area contributed by atoms with Gasteiger partial charge in [-0.1, -0.05) is 42.5 Å². The number of hydrogen-bond acceptors (Lipinski definition) is 4. The molecule has 5 heteroatoms. The Morgan fingerprint density at radius 2 is 1.82 bits per heavy atom. The number of carbonyl (C=O) groups excluding carboxylic acids is 1. The third-order valence-electron chi connectivity index (χ3n) is 3.23. The molecule has 0 amide bonds. The van der Waals surface area contributed by atoms with E-state index in [0.29, 0.717) is 5.56 Å². The summed E-state index contributed by atoms with van der Waals surface area (Å²) in [6.45, 7) is 0.0728. The van der Waals surface area contributed by atoms with E-state index in [1.54, 1.807) is 12.1 Å². The van der Waals surface area contributed by atoms with E-state index >= 15 is 0 Å². The van der Waals surface area contributed by atoms with Gasteiger partial charge in [-0.2, -0.15) is 0 Å². The molecule has 0 saturated carbocycles. The van der Waals surface area contributed by atoms with Crippen molar-refractivity contribution in [1.29, 1.82) is 0 Å². The number of hydrogen-bond donors (Lipinski definition) is 2. The highest BCUT2D eigenvalue weighted by atomic mass is 19.1. The highest BCUT2D eigenvalue weighted by molar-refractivity contribution is 5.75. The van der Waals surface area contributed by atoms with Crippen molar-refractivity contribution in [2.45, 2.75) is 25.2 Å². The molecule has 2 aromatic rings. The third kappa shape index (κ3) is 4.65. The molecule has 0 aliphatic carbocycles. The second-order valence-corrected chi connectivity index (χ2v) is 5.04. The van der Waals surface area contributed by atoms with E-state index in [1.165, 1.54) is 12.1 Å². The van der Waals surface area contributed by atoms with Gasteiger partial charge in [-0.15, -0.1) is 0 Å². The lowest BCUT2D eigenvalue weighted by atomic mass is 10.0. The Balaban J connectivity index is 1.86. The fourth-order valence-corrected chi connectivity index (χ4v) is 2.04. The van der Waals surface area contributed by atoms with Crippen LogP contribution >= 0.6 is 0 Å². The third-order valence-corrected chi connectivity index (χ3v) is 3.23. The van der Waals surface area contributed by atoms with Crippen LogP contribution in [-0.2, 0) is 22.6 Å². The Morgan fingerprint density at radius 1 is 1.14 bits per heavy atom. The lowest BCUT2D eigenvalue weighted by molar-refractivity contribution is -0.156. The summed E-state index contributed by atoms with van der Waals surface area (Å²) in [5.41, 5.74) is 7.23. The molecule has 4 nitrogen and oxygen atoms in total. The molecular weight excluding hydrogens is 285 g/mol. The lowest BCUT2D eigenvalue weighted by Crippen LogP contribution is -2.42. The zero-order valence-electron chi connectivity index (χ0n) is 12.0. The summed E-state index contributed by atoms with van der Waals surface area (Å²) in [6.07, 6.45) is -1.27. The average molecular weight is 303 g/mol. The van der Waals surface area contributed by atoms with Crippen molar-refractivity contribution in [2.24, 2.45) is 5.73 Å². The van der Waals surface area contributed by atoms with E-state index in [2.05, 4.69) is 0 Å². The topological polar surface area (TPSA) is 72.5 Å². The highest BCUT2D eigenvalue weighted by Gasteiger charge is 2.24. The lowest BCUT2D eigenvalue weighted by Gasteiger charge is -2.17. The van der Waals surface area contributed by atoms with E-state index in [9.17, 15) is 14.3 Å². The summed E-state index contributed by atoms with van der Waals surface area (Å²) in [4.78, 5) is 11.8. The van der Waals surface area contributed by atoms with Gasteiger partial charge in [0.15, 0.2) is 6.10 Å². The zero-order chi connectivity index (χ0) is 15.9. The average Bonchev–Trinajstić information content (AvgIpc) is 2.53. The minimum atomic E-state index is -1.45. The van der Waals surface area contributed by atoms with Gasteiger partial charge in [0.05, 0.1) is 0 Å². The number of rotatable bonds is 6. The van der Waals surface area contributed by atoms with Gasteiger partial charge < -0.3 is 15.6 Å².